The molecule has 1 aliphatic carbocycles. The number of hydrogen-bond acceptors (Lipinski definition) is 3. The summed E-state index contributed by atoms with van der Waals surface area (Å²) in [4.78, 5) is 7.46. The molecule has 2 aliphatic heterocycles. The van der Waals surface area contributed by atoms with Gasteiger partial charge in [-0.05, 0) is 61.9 Å². The van der Waals surface area contributed by atoms with Gasteiger partial charge in [-0.2, -0.15) is 0 Å². The predicted octanol–water partition coefficient (Wildman–Crippen LogP) is 4.85. The molecule has 1 aromatic heterocycles. The van der Waals surface area contributed by atoms with Crippen LogP contribution in [0.15, 0.2) is 48.7 Å². The molecule has 27 heavy (non-hydrogen) atoms. The molecule has 1 saturated carbocycles. The number of hydrogen-bond donors (Lipinski definition) is 0. The molecule has 0 amide bonds. The molecule has 0 N–H and O–H groups in total. The number of nitrogens with zero attached hydrogens (tertiary/aromatic N) is 2. The van der Waals surface area contributed by atoms with Crippen LogP contribution in [-0.2, 0) is 23.2 Å². The van der Waals surface area contributed by atoms with Crippen molar-refractivity contribution >= 4 is 0 Å². The van der Waals surface area contributed by atoms with E-state index in [1.54, 1.807) is 0 Å². The van der Waals surface area contributed by atoms with Gasteiger partial charge in [0.05, 0.1) is 5.60 Å². The fraction of sp³-hybridized carbons (Fsp3) is 0.542. The summed E-state index contributed by atoms with van der Waals surface area (Å²) in [6.07, 6.45) is 10.5. The van der Waals surface area contributed by atoms with E-state index < -0.39 is 0 Å². The lowest BCUT2D eigenvalue weighted by molar-refractivity contribution is -0.105. The number of ether oxygens (including phenoxy) is 1. The van der Waals surface area contributed by atoms with Gasteiger partial charge in [-0.1, -0.05) is 43.2 Å². The van der Waals surface area contributed by atoms with Gasteiger partial charge in [0.15, 0.2) is 0 Å². The highest BCUT2D eigenvalue weighted by Crippen LogP contribution is 2.49. The maximum Gasteiger partial charge on any atom is 0.0691 e. The molecule has 1 atom stereocenters. The number of pyridine rings is 1. The first-order valence-corrected chi connectivity index (χ1v) is 10.6. The Hall–Kier alpha value is -1.71. The summed E-state index contributed by atoms with van der Waals surface area (Å²) in [5.74, 6) is 0. The van der Waals surface area contributed by atoms with Crippen LogP contribution in [0.5, 0.6) is 0 Å². The largest absolute Gasteiger partial charge is 0.375 e. The first-order valence-electron chi connectivity index (χ1n) is 10.6. The van der Waals surface area contributed by atoms with Gasteiger partial charge < -0.3 is 4.74 Å². The van der Waals surface area contributed by atoms with E-state index in [0.29, 0.717) is 0 Å². The van der Waals surface area contributed by atoms with Crippen molar-refractivity contribution in [2.75, 3.05) is 13.2 Å². The molecule has 1 spiro atoms. The normalized spacial score (nSPS) is 27.1. The van der Waals surface area contributed by atoms with Gasteiger partial charge in [0, 0.05) is 37.0 Å². The Bertz CT molecular complexity index is 759. The second kappa shape index (κ2) is 7.03. The maximum atomic E-state index is 6.38. The molecule has 3 heterocycles. The lowest BCUT2D eigenvalue weighted by Gasteiger charge is -2.47. The molecule has 5 rings (SSSR count). The van der Waals surface area contributed by atoms with E-state index in [0.717, 1.165) is 39.1 Å². The zero-order chi connectivity index (χ0) is 18.2. The van der Waals surface area contributed by atoms with Crippen LogP contribution in [0.4, 0.5) is 0 Å². The summed E-state index contributed by atoms with van der Waals surface area (Å²) in [5.41, 5.74) is 4.58. The fourth-order valence-electron chi connectivity index (χ4n) is 5.73. The van der Waals surface area contributed by atoms with Crippen LogP contribution in [0.1, 0.15) is 61.8 Å². The average molecular weight is 363 g/mol. The monoisotopic (exact) mass is 362 g/mol. The Morgan fingerprint density at radius 3 is 2.37 bits per heavy atom. The minimum Gasteiger partial charge on any atom is -0.375 e. The van der Waals surface area contributed by atoms with E-state index in [2.05, 4.69) is 41.3 Å². The minimum atomic E-state index is 0.115. The van der Waals surface area contributed by atoms with Crippen LogP contribution in [0, 0.1) is 0 Å². The highest BCUT2D eigenvalue weighted by atomic mass is 16.5. The summed E-state index contributed by atoms with van der Waals surface area (Å²) in [6, 6.07) is 15.4. The van der Waals surface area contributed by atoms with Crippen molar-refractivity contribution in [3.8, 4) is 0 Å². The lowest BCUT2D eigenvalue weighted by atomic mass is 9.68. The average Bonchev–Trinajstić information content (AvgIpc) is 3.34. The van der Waals surface area contributed by atoms with Gasteiger partial charge in [-0.25, -0.2) is 0 Å². The molecular weight excluding hydrogens is 332 g/mol. The van der Waals surface area contributed by atoms with Gasteiger partial charge >= 0.3 is 0 Å². The number of fused-ring (bicyclic) bond motifs is 1. The van der Waals surface area contributed by atoms with Crippen molar-refractivity contribution in [2.45, 2.75) is 69.1 Å². The van der Waals surface area contributed by atoms with E-state index in [-0.39, 0.29) is 11.0 Å². The summed E-state index contributed by atoms with van der Waals surface area (Å²) in [7, 11) is 0. The van der Waals surface area contributed by atoms with Crippen molar-refractivity contribution in [1.82, 2.24) is 9.88 Å². The third kappa shape index (κ3) is 3.32. The third-order valence-electron chi connectivity index (χ3n) is 7.19. The standard InChI is InChI=1S/C24H30N2O/c1-2-8-21-18-26(17-20(21)7-1)15-12-23(22-9-3-6-14-25-22)13-16-27-24(19-23)10-4-5-11-24/h1-3,6-9,14H,4-5,10-13,15-19H2/t23-/m1/s1. The molecule has 3 aliphatic rings. The van der Waals surface area contributed by atoms with Crippen LogP contribution >= 0.6 is 0 Å². The van der Waals surface area contributed by atoms with Gasteiger partial charge in [-0.15, -0.1) is 0 Å². The number of benzene rings is 1. The van der Waals surface area contributed by atoms with Gasteiger partial charge in [0.2, 0.25) is 0 Å². The van der Waals surface area contributed by atoms with E-state index in [4.69, 9.17) is 9.72 Å². The number of aromatic nitrogens is 1. The molecule has 0 bridgehead atoms. The topological polar surface area (TPSA) is 25.4 Å². The predicted molar refractivity (Wildman–Crippen MR) is 107 cm³/mol. The summed E-state index contributed by atoms with van der Waals surface area (Å²) in [5, 5.41) is 0. The highest BCUT2D eigenvalue weighted by Gasteiger charge is 2.48. The van der Waals surface area contributed by atoms with Crippen LogP contribution < -0.4 is 0 Å². The van der Waals surface area contributed by atoms with Crippen molar-refractivity contribution < 1.29 is 4.74 Å². The third-order valence-corrected chi connectivity index (χ3v) is 7.19. The molecule has 142 valence electrons. The fourth-order valence-corrected chi connectivity index (χ4v) is 5.73. The van der Waals surface area contributed by atoms with Crippen molar-refractivity contribution in [3.05, 3.63) is 65.5 Å². The molecule has 1 aromatic carbocycles. The first-order chi connectivity index (χ1) is 13.3. The molecule has 0 unspecified atom stereocenters. The quantitative estimate of drug-likeness (QED) is 0.777. The Morgan fingerprint density at radius 1 is 0.926 bits per heavy atom. The molecule has 0 radical (unpaired) electrons. The molecule has 3 nitrogen and oxygen atoms in total. The summed E-state index contributed by atoms with van der Waals surface area (Å²) >= 11 is 0. The molecular formula is C24H30N2O. The van der Waals surface area contributed by atoms with Gasteiger partial charge in [-0.3, -0.25) is 9.88 Å². The van der Waals surface area contributed by atoms with Crippen LogP contribution in [-0.4, -0.2) is 28.6 Å². The Labute approximate surface area is 162 Å². The zero-order valence-electron chi connectivity index (χ0n) is 16.2. The van der Waals surface area contributed by atoms with Crippen LogP contribution in [0.3, 0.4) is 0 Å². The molecule has 3 heteroatoms. The molecule has 2 aromatic rings. The summed E-state index contributed by atoms with van der Waals surface area (Å²) < 4.78 is 6.38. The van der Waals surface area contributed by atoms with Gasteiger partial charge in [0.25, 0.3) is 0 Å². The van der Waals surface area contributed by atoms with Crippen LogP contribution in [0.2, 0.25) is 0 Å². The zero-order valence-corrected chi connectivity index (χ0v) is 16.2. The van der Waals surface area contributed by atoms with Crippen molar-refractivity contribution in [3.63, 3.8) is 0 Å². The van der Waals surface area contributed by atoms with E-state index >= 15 is 0 Å². The second-order valence-corrected chi connectivity index (χ2v) is 8.89. The minimum absolute atomic E-state index is 0.115. The maximum absolute atomic E-state index is 6.38. The van der Waals surface area contributed by atoms with E-state index in [1.165, 1.54) is 48.9 Å². The van der Waals surface area contributed by atoms with Crippen molar-refractivity contribution in [2.24, 2.45) is 0 Å². The molecule has 2 fully saturated rings. The van der Waals surface area contributed by atoms with E-state index in [1.807, 2.05) is 12.3 Å². The number of rotatable bonds is 4. The Morgan fingerprint density at radius 2 is 1.67 bits per heavy atom. The lowest BCUT2D eigenvalue weighted by Crippen LogP contribution is -2.47. The van der Waals surface area contributed by atoms with Crippen molar-refractivity contribution in [1.29, 1.82) is 0 Å². The first kappa shape index (κ1) is 17.4. The van der Waals surface area contributed by atoms with Crippen LogP contribution in [0.25, 0.3) is 0 Å². The molecule has 1 saturated heterocycles. The summed E-state index contributed by atoms with van der Waals surface area (Å²) in [6.45, 7) is 4.21. The Balaban J connectivity index is 1.37. The van der Waals surface area contributed by atoms with E-state index in [9.17, 15) is 0 Å². The smallest absolute Gasteiger partial charge is 0.0691 e. The Kier molecular flexibility index (Phi) is 4.53. The highest BCUT2D eigenvalue weighted by molar-refractivity contribution is 5.30. The van der Waals surface area contributed by atoms with Gasteiger partial charge in [0.1, 0.15) is 0 Å². The SMILES string of the molecule is c1ccc([C@]2(CCN3Cc4ccccc4C3)CCOC3(CCCC3)C2)nc1. The second-order valence-electron chi connectivity index (χ2n) is 8.89.